The van der Waals surface area contributed by atoms with Gasteiger partial charge in [0.25, 0.3) is 0 Å². The highest BCUT2D eigenvalue weighted by molar-refractivity contribution is 5.94. The molecule has 9 nitrogen and oxygen atoms in total. The van der Waals surface area contributed by atoms with E-state index in [-0.39, 0.29) is 5.91 Å². The molecule has 0 fully saturated rings. The van der Waals surface area contributed by atoms with E-state index in [1.54, 1.807) is 61.1 Å². The summed E-state index contributed by atoms with van der Waals surface area (Å²) in [5, 5.41) is 14.2. The molecule has 0 spiro atoms. The molecular weight excluding hydrogens is 348 g/mol. The molecule has 0 saturated heterocycles. The number of aromatic nitrogens is 5. The minimum atomic E-state index is -0.749. The number of oxazole rings is 1. The molecule has 0 aliphatic rings. The van der Waals surface area contributed by atoms with Crippen molar-refractivity contribution in [3.63, 3.8) is 0 Å². The lowest BCUT2D eigenvalue weighted by atomic mass is 10.2. The molecule has 27 heavy (non-hydrogen) atoms. The van der Waals surface area contributed by atoms with Crippen LogP contribution in [0, 0.1) is 0 Å². The summed E-state index contributed by atoms with van der Waals surface area (Å²) in [6.07, 6.45) is 0. The van der Waals surface area contributed by atoms with Crippen LogP contribution < -0.4 is 11.1 Å². The average Bonchev–Trinajstić information content (AvgIpc) is 3.23. The first-order valence-corrected chi connectivity index (χ1v) is 8.28. The highest BCUT2D eigenvalue weighted by Gasteiger charge is 2.21. The summed E-state index contributed by atoms with van der Waals surface area (Å²) < 4.78 is 8.08. The Kier molecular flexibility index (Phi) is 4.03. The van der Waals surface area contributed by atoms with Gasteiger partial charge >= 0.3 is 5.76 Å². The summed E-state index contributed by atoms with van der Waals surface area (Å²) in [7, 11) is 1.74. The van der Waals surface area contributed by atoms with E-state index in [4.69, 9.17) is 4.42 Å². The summed E-state index contributed by atoms with van der Waals surface area (Å²) in [5.41, 5.74) is 2.36. The predicted molar refractivity (Wildman–Crippen MR) is 98.0 cm³/mol. The largest absolute Gasteiger partial charge is 0.420 e. The minimum absolute atomic E-state index is 0.336. The van der Waals surface area contributed by atoms with Gasteiger partial charge in [-0.15, -0.1) is 5.10 Å². The Bertz CT molecular complexity index is 1190. The van der Waals surface area contributed by atoms with E-state index in [1.807, 2.05) is 6.07 Å². The van der Waals surface area contributed by atoms with Crippen LogP contribution in [0.4, 0.5) is 5.69 Å². The number of anilines is 1. The van der Waals surface area contributed by atoms with Crippen molar-refractivity contribution in [2.45, 2.75) is 13.0 Å². The van der Waals surface area contributed by atoms with Crippen LogP contribution in [0.3, 0.4) is 0 Å². The van der Waals surface area contributed by atoms with Crippen LogP contribution in [0.2, 0.25) is 0 Å². The van der Waals surface area contributed by atoms with E-state index in [0.717, 1.165) is 5.56 Å². The lowest BCUT2D eigenvalue weighted by Crippen LogP contribution is -2.29. The molecule has 4 aromatic rings. The molecule has 0 radical (unpaired) electrons. The van der Waals surface area contributed by atoms with Crippen LogP contribution in [0.25, 0.3) is 22.5 Å². The van der Waals surface area contributed by atoms with E-state index in [9.17, 15) is 9.59 Å². The van der Waals surface area contributed by atoms with Crippen LogP contribution in [0.15, 0.2) is 57.7 Å². The molecule has 0 bridgehead atoms. The van der Waals surface area contributed by atoms with Crippen LogP contribution in [0.1, 0.15) is 13.0 Å². The molecule has 1 atom stereocenters. The second kappa shape index (κ2) is 6.52. The quantitative estimate of drug-likeness (QED) is 0.593. The zero-order chi connectivity index (χ0) is 19.0. The number of hydrogen-bond acceptors (Lipinski definition) is 6. The molecule has 1 N–H and O–H groups in total. The second-order valence-electron chi connectivity index (χ2n) is 6.08. The third-order valence-corrected chi connectivity index (χ3v) is 4.29. The van der Waals surface area contributed by atoms with Crippen molar-refractivity contribution in [2.24, 2.45) is 7.05 Å². The normalized spacial score (nSPS) is 12.2. The summed E-state index contributed by atoms with van der Waals surface area (Å²) in [4.78, 5) is 24.9. The summed E-state index contributed by atoms with van der Waals surface area (Å²) in [6.45, 7) is 1.65. The van der Waals surface area contributed by atoms with Gasteiger partial charge in [-0.25, -0.2) is 9.48 Å². The number of hydrogen-bond donors (Lipinski definition) is 1. The lowest BCUT2D eigenvalue weighted by molar-refractivity contribution is -0.118. The number of nitrogens with one attached hydrogen (secondary N) is 1. The van der Waals surface area contributed by atoms with Gasteiger partial charge in [-0.1, -0.05) is 24.3 Å². The number of aryl methyl sites for hydroxylation is 1. The molecular formula is C18H16N6O3. The Morgan fingerprint density at radius 2 is 2.00 bits per heavy atom. The number of para-hydroxylation sites is 2. The summed E-state index contributed by atoms with van der Waals surface area (Å²) in [5.74, 6) is -0.328. The Hall–Kier alpha value is -3.75. The molecule has 4 rings (SSSR count). The van der Waals surface area contributed by atoms with E-state index in [0.29, 0.717) is 22.6 Å². The first-order valence-electron chi connectivity index (χ1n) is 8.28. The highest BCUT2D eigenvalue weighted by atomic mass is 16.4. The number of rotatable bonds is 4. The van der Waals surface area contributed by atoms with E-state index < -0.39 is 11.8 Å². The van der Waals surface area contributed by atoms with Crippen molar-refractivity contribution in [3.05, 3.63) is 59.1 Å². The minimum Gasteiger partial charge on any atom is -0.408 e. The van der Waals surface area contributed by atoms with Gasteiger partial charge in [-0.3, -0.25) is 9.36 Å². The molecule has 2 aromatic heterocycles. The van der Waals surface area contributed by atoms with E-state index >= 15 is 0 Å². The van der Waals surface area contributed by atoms with Crippen molar-refractivity contribution in [2.75, 3.05) is 5.32 Å². The number of fused-ring (bicyclic) bond motifs is 1. The van der Waals surface area contributed by atoms with Crippen molar-refractivity contribution in [1.82, 2.24) is 24.8 Å². The number of carbonyl (C=O) groups excluding carboxylic acids is 1. The molecule has 1 amide bonds. The molecule has 0 aliphatic carbocycles. The second-order valence-corrected chi connectivity index (χ2v) is 6.08. The molecule has 9 heteroatoms. The molecule has 2 heterocycles. The predicted octanol–water partition coefficient (Wildman–Crippen LogP) is 1.98. The number of benzene rings is 2. The Morgan fingerprint density at radius 1 is 1.19 bits per heavy atom. The fourth-order valence-electron chi connectivity index (χ4n) is 2.92. The first-order chi connectivity index (χ1) is 13.0. The summed E-state index contributed by atoms with van der Waals surface area (Å²) in [6, 6.07) is 13.4. The fourth-order valence-corrected chi connectivity index (χ4v) is 2.92. The maximum Gasteiger partial charge on any atom is 0.420 e. The molecule has 136 valence electrons. The smallest absolute Gasteiger partial charge is 0.408 e. The SMILES string of the molecule is C[C@@H](C(=O)Nc1cccc(-c2nnnn2C)c1)n1c(=O)oc2ccccc21. The third-order valence-electron chi connectivity index (χ3n) is 4.29. The van der Waals surface area contributed by atoms with Gasteiger partial charge in [0.1, 0.15) is 6.04 Å². The maximum atomic E-state index is 12.7. The zero-order valence-corrected chi connectivity index (χ0v) is 14.7. The first kappa shape index (κ1) is 16.7. The van der Waals surface area contributed by atoms with E-state index in [1.165, 1.54) is 4.57 Å². The average molecular weight is 364 g/mol. The molecule has 2 aromatic carbocycles. The number of amides is 1. The van der Waals surface area contributed by atoms with Gasteiger partial charge in [0.2, 0.25) is 5.91 Å². The van der Waals surface area contributed by atoms with Crippen LogP contribution >= 0.6 is 0 Å². The fraction of sp³-hybridized carbons (Fsp3) is 0.167. The number of tetrazole rings is 1. The Balaban J connectivity index is 1.62. The topological polar surface area (TPSA) is 108 Å². The van der Waals surface area contributed by atoms with Gasteiger partial charge in [0, 0.05) is 18.3 Å². The van der Waals surface area contributed by atoms with Gasteiger partial charge < -0.3 is 9.73 Å². The van der Waals surface area contributed by atoms with Crippen LogP contribution in [-0.2, 0) is 11.8 Å². The van der Waals surface area contributed by atoms with Crippen molar-refractivity contribution in [1.29, 1.82) is 0 Å². The van der Waals surface area contributed by atoms with Crippen molar-refractivity contribution < 1.29 is 9.21 Å². The van der Waals surface area contributed by atoms with Crippen molar-refractivity contribution in [3.8, 4) is 11.4 Å². The molecule has 0 unspecified atom stereocenters. The van der Waals surface area contributed by atoms with Crippen molar-refractivity contribution >= 4 is 22.7 Å². The zero-order valence-electron chi connectivity index (χ0n) is 14.7. The Morgan fingerprint density at radius 3 is 2.78 bits per heavy atom. The van der Waals surface area contributed by atoms with Gasteiger partial charge in [-0.2, -0.15) is 0 Å². The van der Waals surface area contributed by atoms with Crippen LogP contribution in [0.5, 0.6) is 0 Å². The van der Waals surface area contributed by atoms with Crippen LogP contribution in [-0.4, -0.2) is 30.7 Å². The maximum absolute atomic E-state index is 12.7. The standard InChI is InChI=1S/C18H16N6O3/c1-11(24-14-8-3-4-9-15(14)27-18(24)26)17(25)19-13-7-5-6-12(10-13)16-20-21-22-23(16)2/h3-11H,1-2H3,(H,19,25)/t11-/m0/s1. The third kappa shape index (κ3) is 2.99. The molecule has 0 aliphatic heterocycles. The Labute approximate surface area is 153 Å². The van der Waals surface area contributed by atoms with Gasteiger partial charge in [-0.05, 0) is 41.6 Å². The van der Waals surface area contributed by atoms with Gasteiger partial charge in [0.05, 0.1) is 5.52 Å². The highest BCUT2D eigenvalue weighted by Crippen LogP contribution is 2.21. The lowest BCUT2D eigenvalue weighted by Gasteiger charge is -2.13. The summed E-state index contributed by atoms with van der Waals surface area (Å²) >= 11 is 0. The van der Waals surface area contributed by atoms with Gasteiger partial charge in [0.15, 0.2) is 11.4 Å². The number of carbonyl (C=O) groups is 1. The monoisotopic (exact) mass is 364 g/mol. The molecule has 0 saturated carbocycles. The number of nitrogens with zero attached hydrogens (tertiary/aromatic N) is 5. The van der Waals surface area contributed by atoms with E-state index in [2.05, 4.69) is 20.8 Å².